The molecule has 2 atom stereocenters. The normalized spacial score (nSPS) is 13.8. The lowest BCUT2D eigenvalue weighted by Crippen LogP contribution is -2.23. The molecule has 0 radical (unpaired) electrons. The van der Waals surface area contributed by atoms with Crippen LogP contribution in [0.2, 0.25) is 0 Å². The number of hydrogen-bond donors (Lipinski definition) is 2. The van der Waals surface area contributed by atoms with E-state index in [1.54, 1.807) is 25.4 Å². The number of aliphatic hydroxyl groups excluding tert-OH is 1. The summed E-state index contributed by atoms with van der Waals surface area (Å²) in [6.07, 6.45) is 3.85. The highest BCUT2D eigenvalue weighted by Crippen LogP contribution is 2.21. The van der Waals surface area contributed by atoms with E-state index in [0.29, 0.717) is 18.0 Å². The third kappa shape index (κ3) is 4.90. The monoisotopic (exact) mass is 302 g/mol. The van der Waals surface area contributed by atoms with Gasteiger partial charge in [0.25, 0.3) is 0 Å². The number of hydrogen-bond acceptors (Lipinski definition) is 3. The zero-order chi connectivity index (χ0) is 15.9. The molecule has 3 nitrogen and oxygen atoms in total. The Morgan fingerprint density at radius 3 is 2.50 bits per heavy atom. The number of aromatic nitrogens is 1. The summed E-state index contributed by atoms with van der Waals surface area (Å²) in [5, 5.41) is 12.6. The van der Waals surface area contributed by atoms with Crippen LogP contribution in [0, 0.1) is 11.7 Å². The Hall–Kier alpha value is -1.78. The van der Waals surface area contributed by atoms with Gasteiger partial charge in [0, 0.05) is 24.5 Å². The Kier molecular flexibility index (Phi) is 6.04. The van der Waals surface area contributed by atoms with Crippen molar-refractivity contribution in [1.82, 2.24) is 10.3 Å². The minimum absolute atomic E-state index is 0.204. The van der Waals surface area contributed by atoms with E-state index < -0.39 is 0 Å². The second-order valence-electron chi connectivity index (χ2n) is 5.86. The molecule has 1 heterocycles. The molecule has 1 aromatic heterocycles. The van der Waals surface area contributed by atoms with Gasteiger partial charge in [-0.25, -0.2) is 4.39 Å². The van der Waals surface area contributed by atoms with Crippen molar-refractivity contribution >= 4 is 0 Å². The number of pyridine rings is 1. The van der Waals surface area contributed by atoms with E-state index in [9.17, 15) is 9.50 Å². The Balaban J connectivity index is 1.93. The second-order valence-corrected chi connectivity index (χ2v) is 5.86. The van der Waals surface area contributed by atoms with E-state index in [4.69, 9.17) is 0 Å². The SMILES string of the molecule is CC(O)CC(C)CNCc1ccc(-c2ccncc2)cc1F. The van der Waals surface area contributed by atoms with E-state index in [0.717, 1.165) is 24.1 Å². The third-order valence-corrected chi connectivity index (χ3v) is 3.62. The number of nitrogens with one attached hydrogen (secondary N) is 1. The fourth-order valence-electron chi connectivity index (χ4n) is 2.53. The van der Waals surface area contributed by atoms with E-state index in [2.05, 4.69) is 17.2 Å². The van der Waals surface area contributed by atoms with Gasteiger partial charge in [0.15, 0.2) is 0 Å². The van der Waals surface area contributed by atoms with Gasteiger partial charge in [-0.15, -0.1) is 0 Å². The average Bonchev–Trinajstić information content (AvgIpc) is 2.49. The number of aliphatic hydroxyl groups is 1. The Morgan fingerprint density at radius 2 is 1.86 bits per heavy atom. The van der Waals surface area contributed by atoms with Crippen molar-refractivity contribution in [3.63, 3.8) is 0 Å². The summed E-state index contributed by atoms with van der Waals surface area (Å²) in [5.74, 6) is 0.157. The summed E-state index contributed by atoms with van der Waals surface area (Å²) in [5.41, 5.74) is 2.46. The van der Waals surface area contributed by atoms with E-state index in [1.807, 2.05) is 24.3 Å². The highest BCUT2D eigenvalue weighted by molar-refractivity contribution is 5.63. The molecule has 2 rings (SSSR count). The number of benzene rings is 1. The van der Waals surface area contributed by atoms with Crippen LogP contribution < -0.4 is 5.32 Å². The third-order valence-electron chi connectivity index (χ3n) is 3.62. The lowest BCUT2D eigenvalue weighted by Gasteiger charge is -2.14. The highest BCUT2D eigenvalue weighted by Gasteiger charge is 2.08. The quantitative estimate of drug-likeness (QED) is 0.824. The van der Waals surface area contributed by atoms with Crippen LogP contribution in [-0.2, 0) is 6.54 Å². The fourth-order valence-corrected chi connectivity index (χ4v) is 2.53. The molecule has 0 bridgehead atoms. The van der Waals surface area contributed by atoms with E-state index in [-0.39, 0.29) is 11.9 Å². The molecule has 22 heavy (non-hydrogen) atoms. The predicted octanol–water partition coefficient (Wildman–Crippen LogP) is 3.38. The predicted molar refractivity (Wildman–Crippen MR) is 86.8 cm³/mol. The first-order valence-electron chi connectivity index (χ1n) is 7.64. The van der Waals surface area contributed by atoms with Crippen molar-refractivity contribution in [2.24, 2.45) is 5.92 Å². The van der Waals surface area contributed by atoms with Gasteiger partial charge in [-0.2, -0.15) is 0 Å². The van der Waals surface area contributed by atoms with Gasteiger partial charge in [0.05, 0.1) is 6.10 Å². The standard InChI is InChI=1S/C18H23FN2O/c1-13(9-14(2)22)11-21-12-17-4-3-16(10-18(17)19)15-5-7-20-8-6-15/h3-8,10,13-14,21-22H,9,11-12H2,1-2H3. The van der Waals surface area contributed by atoms with Crippen molar-refractivity contribution < 1.29 is 9.50 Å². The largest absolute Gasteiger partial charge is 0.393 e. The van der Waals surface area contributed by atoms with Crippen LogP contribution in [0.4, 0.5) is 4.39 Å². The van der Waals surface area contributed by atoms with Gasteiger partial charge >= 0.3 is 0 Å². The van der Waals surface area contributed by atoms with Gasteiger partial charge in [-0.05, 0) is 55.1 Å². The molecule has 0 fully saturated rings. The first-order chi connectivity index (χ1) is 10.6. The van der Waals surface area contributed by atoms with Crippen LogP contribution in [0.3, 0.4) is 0 Å². The summed E-state index contributed by atoms with van der Waals surface area (Å²) in [6, 6.07) is 9.03. The Bertz CT molecular complexity index is 587. The molecule has 1 aromatic carbocycles. The molecule has 0 amide bonds. The summed E-state index contributed by atoms with van der Waals surface area (Å²) in [6.45, 7) is 5.11. The Morgan fingerprint density at radius 1 is 1.14 bits per heavy atom. The molecule has 0 aliphatic carbocycles. The summed E-state index contributed by atoms with van der Waals surface area (Å²) in [7, 11) is 0. The molecule has 118 valence electrons. The first-order valence-corrected chi connectivity index (χ1v) is 7.64. The Labute approximate surface area is 131 Å². The van der Waals surface area contributed by atoms with Gasteiger partial charge in [-0.1, -0.05) is 19.1 Å². The van der Waals surface area contributed by atoms with Crippen molar-refractivity contribution in [3.8, 4) is 11.1 Å². The van der Waals surface area contributed by atoms with Gasteiger partial charge in [-0.3, -0.25) is 4.98 Å². The number of halogens is 1. The highest BCUT2D eigenvalue weighted by atomic mass is 19.1. The second kappa shape index (κ2) is 8.01. The van der Waals surface area contributed by atoms with Crippen LogP contribution in [0.1, 0.15) is 25.8 Å². The lowest BCUT2D eigenvalue weighted by atomic mass is 10.0. The maximum Gasteiger partial charge on any atom is 0.128 e. The van der Waals surface area contributed by atoms with E-state index >= 15 is 0 Å². The van der Waals surface area contributed by atoms with Crippen molar-refractivity contribution in [2.45, 2.75) is 32.9 Å². The fraction of sp³-hybridized carbons (Fsp3) is 0.389. The van der Waals surface area contributed by atoms with E-state index in [1.165, 1.54) is 0 Å². The summed E-state index contributed by atoms with van der Waals surface area (Å²) in [4.78, 5) is 3.97. The van der Waals surface area contributed by atoms with Crippen molar-refractivity contribution in [3.05, 3.63) is 54.1 Å². The zero-order valence-corrected chi connectivity index (χ0v) is 13.1. The molecule has 0 spiro atoms. The molecule has 2 aromatic rings. The smallest absolute Gasteiger partial charge is 0.128 e. The van der Waals surface area contributed by atoms with Crippen LogP contribution in [-0.4, -0.2) is 22.7 Å². The topological polar surface area (TPSA) is 45.1 Å². The molecule has 0 saturated heterocycles. The molecule has 0 saturated carbocycles. The maximum atomic E-state index is 14.2. The molecule has 2 unspecified atom stereocenters. The molecular weight excluding hydrogens is 279 g/mol. The van der Waals surface area contributed by atoms with Crippen molar-refractivity contribution in [1.29, 1.82) is 0 Å². The van der Waals surface area contributed by atoms with Gasteiger partial charge < -0.3 is 10.4 Å². The maximum absolute atomic E-state index is 14.2. The zero-order valence-electron chi connectivity index (χ0n) is 13.1. The molecule has 0 aliphatic rings. The minimum atomic E-state index is -0.298. The van der Waals surface area contributed by atoms with Crippen LogP contribution in [0.25, 0.3) is 11.1 Å². The van der Waals surface area contributed by atoms with Crippen LogP contribution in [0.5, 0.6) is 0 Å². The van der Waals surface area contributed by atoms with Crippen molar-refractivity contribution in [2.75, 3.05) is 6.54 Å². The van der Waals surface area contributed by atoms with Gasteiger partial charge in [0.2, 0.25) is 0 Å². The molecule has 4 heteroatoms. The number of rotatable bonds is 7. The minimum Gasteiger partial charge on any atom is -0.393 e. The number of nitrogens with zero attached hydrogens (tertiary/aromatic N) is 1. The molecular formula is C18H23FN2O. The average molecular weight is 302 g/mol. The molecule has 0 aliphatic heterocycles. The van der Waals surface area contributed by atoms with Crippen LogP contribution in [0.15, 0.2) is 42.7 Å². The summed E-state index contributed by atoms with van der Waals surface area (Å²) < 4.78 is 14.2. The summed E-state index contributed by atoms with van der Waals surface area (Å²) >= 11 is 0. The first kappa shape index (κ1) is 16.6. The lowest BCUT2D eigenvalue weighted by molar-refractivity contribution is 0.163. The van der Waals surface area contributed by atoms with Gasteiger partial charge in [0.1, 0.15) is 5.82 Å². The van der Waals surface area contributed by atoms with Crippen LogP contribution >= 0.6 is 0 Å². The molecule has 2 N–H and O–H groups in total.